The first kappa shape index (κ1) is 25.4. The van der Waals surface area contributed by atoms with Crippen LogP contribution < -0.4 is 10.6 Å². The van der Waals surface area contributed by atoms with Gasteiger partial charge in [0, 0.05) is 45.6 Å². The Bertz CT molecular complexity index is 585. The Hall–Kier alpha value is -0.860. The maximum absolute atomic E-state index is 5.85. The molecule has 1 saturated carbocycles. The molecule has 2 fully saturated rings. The topological polar surface area (TPSA) is 54.9 Å². The van der Waals surface area contributed by atoms with Gasteiger partial charge in [0.2, 0.25) is 0 Å². The Morgan fingerprint density at radius 2 is 1.80 bits per heavy atom. The van der Waals surface area contributed by atoms with Crippen LogP contribution in [0.5, 0.6) is 0 Å². The van der Waals surface area contributed by atoms with Gasteiger partial charge in [-0.15, -0.1) is 24.0 Å². The number of aliphatic imine (C=N–C) groups is 1. The highest BCUT2D eigenvalue weighted by Crippen LogP contribution is 2.32. The van der Waals surface area contributed by atoms with Crippen molar-refractivity contribution in [3.8, 4) is 0 Å². The molecule has 2 aliphatic rings. The minimum atomic E-state index is 0. The van der Waals surface area contributed by atoms with Crippen LogP contribution >= 0.6 is 24.0 Å². The Morgan fingerprint density at radius 3 is 2.50 bits per heavy atom. The third-order valence-electron chi connectivity index (χ3n) is 6.09. The van der Waals surface area contributed by atoms with Crippen molar-refractivity contribution < 1.29 is 9.47 Å². The monoisotopic (exact) mass is 529 g/mol. The van der Waals surface area contributed by atoms with E-state index in [1.807, 2.05) is 0 Å². The van der Waals surface area contributed by atoms with Gasteiger partial charge in [-0.1, -0.05) is 30.3 Å². The molecule has 2 N–H and O–H groups in total. The highest BCUT2D eigenvalue weighted by atomic mass is 127. The van der Waals surface area contributed by atoms with E-state index in [2.05, 4.69) is 47.9 Å². The highest BCUT2D eigenvalue weighted by molar-refractivity contribution is 14.0. The number of nitrogens with one attached hydrogen (secondary N) is 2. The Balaban J connectivity index is 0.00000320. The molecular formula is C24H40IN3O2. The zero-order valence-corrected chi connectivity index (χ0v) is 20.8. The first-order valence-corrected chi connectivity index (χ1v) is 11.6. The molecule has 0 spiro atoms. The van der Waals surface area contributed by atoms with Crippen molar-refractivity contribution in [3.05, 3.63) is 35.9 Å². The van der Waals surface area contributed by atoms with Crippen molar-refractivity contribution in [2.75, 3.05) is 39.5 Å². The van der Waals surface area contributed by atoms with Crippen LogP contribution in [-0.2, 0) is 9.47 Å². The van der Waals surface area contributed by atoms with Crippen LogP contribution in [0.25, 0.3) is 0 Å². The van der Waals surface area contributed by atoms with Crippen LogP contribution in [0.3, 0.4) is 0 Å². The molecule has 1 aliphatic heterocycles. The fourth-order valence-electron chi connectivity index (χ4n) is 4.33. The number of nitrogens with zero attached hydrogens (tertiary/aromatic N) is 1. The third-order valence-corrected chi connectivity index (χ3v) is 6.09. The Kier molecular flexibility index (Phi) is 12.7. The summed E-state index contributed by atoms with van der Waals surface area (Å²) in [6.45, 7) is 7.28. The lowest BCUT2D eigenvalue weighted by molar-refractivity contribution is 0.0205. The molecule has 0 atom stereocenters. The number of benzene rings is 1. The first-order chi connectivity index (χ1) is 14.3. The molecule has 6 heteroatoms. The summed E-state index contributed by atoms with van der Waals surface area (Å²) in [4.78, 5) is 4.76. The maximum Gasteiger partial charge on any atom is 0.191 e. The normalized spacial score (nSPS) is 22.9. The van der Waals surface area contributed by atoms with Crippen molar-refractivity contribution >= 4 is 29.9 Å². The Labute approximate surface area is 199 Å². The quantitative estimate of drug-likeness (QED) is 0.211. The van der Waals surface area contributed by atoms with E-state index in [0.29, 0.717) is 17.9 Å². The summed E-state index contributed by atoms with van der Waals surface area (Å²) in [7, 11) is 0. The molecule has 30 heavy (non-hydrogen) atoms. The second-order valence-corrected chi connectivity index (χ2v) is 8.35. The van der Waals surface area contributed by atoms with Crippen LogP contribution in [-0.4, -0.2) is 51.5 Å². The first-order valence-electron chi connectivity index (χ1n) is 11.6. The number of halogens is 1. The summed E-state index contributed by atoms with van der Waals surface area (Å²) in [5, 5.41) is 7.06. The predicted molar refractivity (Wildman–Crippen MR) is 135 cm³/mol. The standard InChI is InChI=1S/C24H39N3O2.HI/c1-2-25-24(26-15-6-16-29-19-20-13-17-28-18-14-20)27-23-11-9-22(10-12-23)21-7-4-3-5-8-21;/h3-5,7-8,20,22-23H,2,6,9-19H2,1H3,(H2,25,26,27);1H. The summed E-state index contributed by atoms with van der Waals surface area (Å²) in [6.07, 6.45) is 8.16. The van der Waals surface area contributed by atoms with Gasteiger partial charge in [0.25, 0.3) is 0 Å². The second kappa shape index (κ2) is 15.0. The summed E-state index contributed by atoms with van der Waals surface area (Å²) >= 11 is 0. The lowest BCUT2D eigenvalue weighted by Crippen LogP contribution is -2.44. The van der Waals surface area contributed by atoms with Gasteiger partial charge in [0.15, 0.2) is 5.96 Å². The van der Waals surface area contributed by atoms with Crippen molar-refractivity contribution in [1.29, 1.82) is 0 Å². The molecular weight excluding hydrogens is 489 g/mol. The zero-order valence-electron chi connectivity index (χ0n) is 18.5. The largest absolute Gasteiger partial charge is 0.381 e. The van der Waals surface area contributed by atoms with Gasteiger partial charge in [0.1, 0.15) is 0 Å². The van der Waals surface area contributed by atoms with E-state index in [4.69, 9.17) is 14.5 Å². The van der Waals surface area contributed by atoms with Crippen LogP contribution in [0.4, 0.5) is 0 Å². The summed E-state index contributed by atoms with van der Waals surface area (Å²) in [5.74, 6) is 2.35. The SMILES string of the molecule is CCNC(=NCCCOCC1CCOCC1)NC1CCC(c2ccccc2)CC1.I. The molecule has 5 nitrogen and oxygen atoms in total. The van der Waals surface area contributed by atoms with Gasteiger partial charge in [-0.2, -0.15) is 0 Å². The molecule has 0 amide bonds. The highest BCUT2D eigenvalue weighted by Gasteiger charge is 2.22. The van der Waals surface area contributed by atoms with Gasteiger partial charge in [-0.05, 0) is 69.3 Å². The van der Waals surface area contributed by atoms with Gasteiger partial charge in [-0.3, -0.25) is 4.99 Å². The average Bonchev–Trinajstić information content (AvgIpc) is 2.78. The molecule has 1 aliphatic carbocycles. The molecule has 1 saturated heterocycles. The number of guanidine groups is 1. The zero-order chi connectivity index (χ0) is 20.2. The van der Waals surface area contributed by atoms with E-state index in [9.17, 15) is 0 Å². The minimum absolute atomic E-state index is 0. The van der Waals surface area contributed by atoms with Gasteiger partial charge in [-0.25, -0.2) is 0 Å². The van der Waals surface area contributed by atoms with E-state index in [-0.39, 0.29) is 24.0 Å². The summed E-state index contributed by atoms with van der Waals surface area (Å²) in [5.41, 5.74) is 1.49. The van der Waals surface area contributed by atoms with E-state index >= 15 is 0 Å². The number of hydrogen-bond acceptors (Lipinski definition) is 3. The van der Waals surface area contributed by atoms with E-state index in [1.165, 1.54) is 31.2 Å². The van der Waals surface area contributed by atoms with Crippen molar-refractivity contribution in [2.45, 2.75) is 63.8 Å². The number of rotatable bonds is 9. The summed E-state index contributed by atoms with van der Waals surface area (Å²) < 4.78 is 11.3. The van der Waals surface area contributed by atoms with E-state index in [1.54, 1.807) is 0 Å². The van der Waals surface area contributed by atoms with Gasteiger partial charge in [0.05, 0.1) is 0 Å². The average molecular weight is 530 g/mol. The molecule has 1 aromatic rings. The molecule has 0 aromatic heterocycles. The van der Waals surface area contributed by atoms with Crippen molar-refractivity contribution in [2.24, 2.45) is 10.9 Å². The van der Waals surface area contributed by atoms with Crippen molar-refractivity contribution in [3.63, 3.8) is 0 Å². The third kappa shape index (κ3) is 9.10. The molecule has 170 valence electrons. The molecule has 0 bridgehead atoms. The van der Waals surface area contributed by atoms with Gasteiger partial charge >= 0.3 is 0 Å². The van der Waals surface area contributed by atoms with Crippen LogP contribution in [0.1, 0.15) is 63.4 Å². The van der Waals surface area contributed by atoms with Crippen LogP contribution in [0.15, 0.2) is 35.3 Å². The van der Waals surface area contributed by atoms with E-state index < -0.39 is 0 Å². The maximum atomic E-state index is 5.85. The molecule has 0 radical (unpaired) electrons. The molecule has 3 rings (SSSR count). The van der Waals surface area contributed by atoms with E-state index in [0.717, 1.165) is 64.7 Å². The molecule has 1 aromatic carbocycles. The lowest BCUT2D eigenvalue weighted by Gasteiger charge is -2.30. The number of ether oxygens (including phenoxy) is 2. The lowest BCUT2D eigenvalue weighted by atomic mass is 9.82. The van der Waals surface area contributed by atoms with Gasteiger partial charge < -0.3 is 20.1 Å². The molecule has 0 unspecified atom stereocenters. The smallest absolute Gasteiger partial charge is 0.191 e. The number of hydrogen-bond donors (Lipinski definition) is 2. The van der Waals surface area contributed by atoms with Crippen LogP contribution in [0, 0.1) is 5.92 Å². The fraction of sp³-hybridized carbons (Fsp3) is 0.708. The van der Waals surface area contributed by atoms with Crippen molar-refractivity contribution in [1.82, 2.24) is 10.6 Å². The molecule has 1 heterocycles. The van der Waals surface area contributed by atoms with Crippen LogP contribution in [0.2, 0.25) is 0 Å². The summed E-state index contributed by atoms with van der Waals surface area (Å²) in [6, 6.07) is 11.5. The Morgan fingerprint density at radius 1 is 1.07 bits per heavy atom. The fourth-order valence-corrected chi connectivity index (χ4v) is 4.33. The minimum Gasteiger partial charge on any atom is -0.381 e. The predicted octanol–water partition coefficient (Wildman–Crippen LogP) is 4.72. The second-order valence-electron chi connectivity index (χ2n) is 8.35.